The molecule has 0 fully saturated rings. The smallest absolute Gasteiger partial charge is 0.228 e. The Morgan fingerprint density at radius 1 is 0.786 bits per heavy atom. The van der Waals surface area contributed by atoms with Gasteiger partial charge in [-0.2, -0.15) is 0 Å². The molecule has 0 amide bonds. The number of fused-ring (bicyclic) bond motifs is 4. The molecule has 0 saturated heterocycles. The van der Waals surface area contributed by atoms with Gasteiger partial charge in [0.1, 0.15) is 17.2 Å². The molecular weight excluding hydrogens is 520 g/mol. The predicted molar refractivity (Wildman–Crippen MR) is 169 cm³/mol. The van der Waals surface area contributed by atoms with Crippen molar-refractivity contribution < 1.29 is 14.2 Å². The summed E-state index contributed by atoms with van der Waals surface area (Å²) in [6.07, 6.45) is -0.549. The minimum absolute atomic E-state index is 0.549. The van der Waals surface area contributed by atoms with Gasteiger partial charge in [0.15, 0.2) is 5.60 Å². The van der Waals surface area contributed by atoms with Crippen molar-refractivity contribution in [2.75, 3.05) is 23.3 Å². The van der Waals surface area contributed by atoms with Crippen LogP contribution in [-0.2, 0) is 10.3 Å². The van der Waals surface area contributed by atoms with E-state index in [2.05, 4.69) is 118 Å². The maximum Gasteiger partial charge on any atom is 0.228 e. The molecule has 2 atom stereocenters. The van der Waals surface area contributed by atoms with Crippen molar-refractivity contribution in [1.82, 2.24) is 0 Å². The molecule has 5 aromatic carbocycles. The van der Waals surface area contributed by atoms with Crippen LogP contribution in [0.4, 0.5) is 17.1 Å². The zero-order valence-corrected chi connectivity index (χ0v) is 24.7. The van der Waals surface area contributed by atoms with E-state index in [1.54, 1.807) is 0 Å². The van der Waals surface area contributed by atoms with E-state index in [9.17, 15) is 0 Å². The molecular formula is C37H34N2O3. The van der Waals surface area contributed by atoms with E-state index < -0.39 is 11.9 Å². The van der Waals surface area contributed by atoms with Crippen LogP contribution in [0.3, 0.4) is 0 Å². The second kappa shape index (κ2) is 9.01. The molecule has 42 heavy (non-hydrogen) atoms. The molecule has 5 aliphatic heterocycles. The Bertz CT molecular complexity index is 1900. The molecule has 0 saturated carbocycles. The molecule has 1 N–H and O–H groups in total. The fourth-order valence-corrected chi connectivity index (χ4v) is 7.30. The summed E-state index contributed by atoms with van der Waals surface area (Å²) < 4.78 is 20.7. The number of hydrogen-bond donors (Lipinski definition) is 1. The van der Waals surface area contributed by atoms with Gasteiger partial charge in [-0.25, -0.2) is 0 Å². The monoisotopic (exact) mass is 554 g/mol. The first kappa shape index (κ1) is 25.2. The number of aryl methyl sites for hydroxylation is 3. The van der Waals surface area contributed by atoms with Gasteiger partial charge in [0.25, 0.3) is 0 Å². The Balaban J connectivity index is 1.45. The SMILES string of the molecule is CCN(CC)c1ccc2c(c1)Oc1c3cc(Nc4c(C)cc(C)cc4C)c4cc(ccc14)OC1OC23c2ccccc21. The molecule has 2 unspecified atom stereocenters. The van der Waals surface area contributed by atoms with Crippen LogP contribution in [0.2, 0.25) is 0 Å². The summed E-state index contributed by atoms with van der Waals surface area (Å²) in [6.45, 7) is 12.7. The Morgan fingerprint density at radius 2 is 1.57 bits per heavy atom. The first-order chi connectivity index (χ1) is 20.4. The van der Waals surface area contributed by atoms with Gasteiger partial charge >= 0.3 is 0 Å². The first-order valence-electron chi connectivity index (χ1n) is 14.9. The molecule has 5 nitrogen and oxygen atoms in total. The predicted octanol–water partition coefficient (Wildman–Crippen LogP) is 9.17. The Hall–Kier alpha value is -4.48. The van der Waals surface area contributed by atoms with Crippen molar-refractivity contribution in [3.63, 3.8) is 0 Å². The molecule has 5 heteroatoms. The van der Waals surface area contributed by atoms with Gasteiger partial charge in [0.05, 0.1) is 0 Å². The average Bonchev–Trinajstić information content (AvgIpc) is 3.29. The fraction of sp³-hybridized carbons (Fsp3) is 0.243. The van der Waals surface area contributed by atoms with Gasteiger partial charge in [0.2, 0.25) is 6.29 Å². The largest absolute Gasteiger partial charge is 0.461 e. The van der Waals surface area contributed by atoms with Crippen molar-refractivity contribution in [3.05, 3.63) is 118 Å². The van der Waals surface area contributed by atoms with Crippen molar-refractivity contribution in [2.45, 2.75) is 46.5 Å². The van der Waals surface area contributed by atoms with Crippen molar-refractivity contribution in [3.8, 4) is 17.2 Å². The highest BCUT2D eigenvalue weighted by Gasteiger charge is 2.54. The van der Waals surface area contributed by atoms with Crippen LogP contribution in [0.25, 0.3) is 10.8 Å². The minimum Gasteiger partial charge on any atom is -0.461 e. The highest BCUT2D eigenvalue weighted by Crippen LogP contribution is 2.62. The van der Waals surface area contributed by atoms with Gasteiger partial charge in [-0.1, -0.05) is 42.0 Å². The van der Waals surface area contributed by atoms with Crippen LogP contribution < -0.4 is 19.7 Å². The lowest BCUT2D eigenvalue weighted by molar-refractivity contribution is -0.127. The van der Waals surface area contributed by atoms with Crippen LogP contribution >= 0.6 is 0 Å². The van der Waals surface area contributed by atoms with Crippen LogP contribution in [0, 0.1) is 20.8 Å². The van der Waals surface area contributed by atoms with Gasteiger partial charge in [0, 0.05) is 69.2 Å². The maximum absolute atomic E-state index is 7.15. The molecule has 5 aliphatic rings. The summed E-state index contributed by atoms with van der Waals surface area (Å²) >= 11 is 0. The van der Waals surface area contributed by atoms with Crippen LogP contribution in [0.5, 0.6) is 17.2 Å². The summed E-state index contributed by atoms with van der Waals surface area (Å²) in [5.41, 5.74) is 10.1. The van der Waals surface area contributed by atoms with E-state index >= 15 is 0 Å². The number of anilines is 3. The summed E-state index contributed by atoms with van der Waals surface area (Å²) in [4.78, 5) is 2.34. The molecule has 0 aromatic heterocycles. The van der Waals surface area contributed by atoms with Gasteiger partial charge in [-0.15, -0.1) is 0 Å². The first-order valence-corrected chi connectivity index (χ1v) is 14.9. The molecule has 1 spiro atoms. The topological polar surface area (TPSA) is 43.0 Å². The molecule has 5 heterocycles. The summed E-state index contributed by atoms with van der Waals surface area (Å²) in [5.74, 6) is 2.41. The number of rotatable bonds is 5. The van der Waals surface area contributed by atoms with Crippen LogP contribution in [0.1, 0.15) is 59.1 Å². The van der Waals surface area contributed by atoms with E-state index in [4.69, 9.17) is 14.2 Å². The van der Waals surface area contributed by atoms with Crippen molar-refractivity contribution in [2.24, 2.45) is 0 Å². The minimum atomic E-state index is -0.888. The number of benzene rings is 5. The molecule has 210 valence electrons. The number of hydrogen-bond acceptors (Lipinski definition) is 5. The molecule has 0 radical (unpaired) electrons. The van der Waals surface area contributed by atoms with E-state index in [-0.39, 0.29) is 0 Å². The second-order valence-corrected chi connectivity index (χ2v) is 11.7. The maximum atomic E-state index is 7.15. The Labute approximate surface area is 246 Å². The van der Waals surface area contributed by atoms with Crippen molar-refractivity contribution >= 4 is 27.8 Å². The standard InChI is InChI=1S/C37H34N2O3/c1-6-39(7-2)24-12-15-30-33(18-24)41-35-26-14-13-25-19-28(26)32(38-34-22(4)16-21(3)17-23(34)5)20-31(35)37(30)29-11-9-8-10-27(29)36(40-25)42-37/h8-20,36,38H,6-7H2,1-5H3. The summed E-state index contributed by atoms with van der Waals surface area (Å²) in [7, 11) is 0. The lowest BCUT2D eigenvalue weighted by Crippen LogP contribution is -2.34. The Kier molecular flexibility index (Phi) is 5.41. The van der Waals surface area contributed by atoms with E-state index in [1.165, 1.54) is 16.7 Å². The lowest BCUT2D eigenvalue weighted by atomic mass is 9.76. The summed E-state index contributed by atoms with van der Waals surface area (Å²) in [6, 6.07) is 28.0. The number of nitrogens with zero attached hydrogens (tertiary/aromatic N) is 1. The van der Waals surface area contributed by atoms with E-state index in [0.717, 1.165) is 80.4 Å². The lowest BCUT2D eigenvalue weighted by Gasteiger charge is -2.39. The zero-order valence-electron chi connectivity index (χ0n) is 24.7. The quantitative estimate of drug-likeness (QED) is 0.235. The van der Waals surface area contributed by atoms with Gasteiger partial charge < -0.3 is 24.4 Å². The average molecular weight is 555 g/mol. The van der Waals surface area contributed by atoms with Gasteiger partial charge in [-0.05, 0) is 82.1 Å². The molecule has 5 aromatic rings. The highest BCUT2D eigenvalue weighted by molar-refractivity contribution is 6.02. The van der Waals surface area contributed by atoms with E-state index in [0.29, 0.717) is 0 Å². The third-order valence-corrected chi connectivity index (χ3v) is 9.18. The third-order valence-electron chi connectivity index (χ3n) is 9.18. The number of ether oxygens (including phenoxy) is 3. The van der Waals surface area contributed by atoms with E-state index in [1.807, 2.05) is 6.07 Å². The van der Waals surface area contributed by atoms with Gasteiger partial charge in [-0.3, -0.25) is 0 Å². The third kappa shape index (κ3) is 3.40. The molecule has 7 bridgehead atoms. The fourth-order valence-electron chi connectivity index (χ4n) is 7.30. The highest BCUT2D eigenvalue weighted by atomic mass is 16.7. The van der Waals surface area contributed by atoms with Crippen LogP contribution in [-0.4, -0.2) is 13.1 Å². The second-order valence-electron chi connectivity index (χ2n) is 11.7. The number of nitrogens with one attached hydrogen (secondary N) is 1. The molecule has 10 rings (SSSR count). The molecule has 0 aliphatic carbocycles. The normalized spacial score (nSPS) is 18.9. The van der Waals surface area contributed by atoms with Crippen molar-refractivity contribution in [1.29, 1.82) is 0 Å². The Morgan fingerprint density at radius 3 is 2.36 bits per heavy atom. The summed E-state index contributed by atoms with van der Waals surface area (Å²) in [5, 5.41) is 5.90. The van der Waals surface area contributed by atoms with Crippen LogP contribution in [0.15, 0.2) is 78.9 Å². The zero-order chi connectivity index (χ0) is 28.7.